The van der Waals surface area contributed by atoms with E-state index in [0.29, 0.717) is 16.9 Å². The molecule has 2 aromatic carbocycles. The van der Waals surface area contributed by atoms with E-state index >= 15 is 0 Å². The molecule has 1 atom stereocenters. The number of nitrogens with two attached hydrogens (primary N) is 2. The molecule has 2 amide bonds. The number of benzene rings is 2. The van der Waals surface area contributed by atoms with E-state index < -0.39 is 17.9 Å². The summed E-state index contributed by atoms with van der Waals surface area (Å²) in [6, 6.07) is 13.3. The van der Waals surface area contributed by atoms with Crippen molar-refractivity contribution < 1.29 is 23.1 Å². The minimum absolute atomic E-state index is 0.00689. The molecule has 3 aromatic rings. The first kappa shape index (κ1) is 23.2. The Morgan fingerprint density at radius 3 is 2.53 bits per heavy atom. The third-order valence-corrected chi connectivity index (χ3v) is 5.95. The molecule has 0 saturated heterocycles. The normalized spacial score (nSPS) is 16.9. The highest BCUT2D eigenvalue weighted by Gasteiger charge is 2.42. The molecule has 0 bridgehead atoms. The molecule has 1 aliphatic carbocycles. The lowest BCUT2D eigenvalue weighted by atomic mass is 10.0. The first-order chi connectivity index (χ1) is 16.2. The maximum absolute atomic E-state index is 13.7. The van der Waals surface area contributed by atoms with Crippen LogP contribution in [0.25, 0.3) is 11.3 Å². The standard InChI is InChI=1S/C24H25F2N5O3/c1-34-18-5-3-2-4-17(18)23(33)29-13-14-6-8-15(9-7-14)20-19(22(28)32)21(27)31(30-20)16-10-11-24(25,26)12-16/h2-9,16H,10-13,27H2,1H3,(H2,28,32)(H,29,33). The van der Waals surface area contributed by atoms with Crippen molar-refractivity contribution in [2.75, 3.05) is 12.8 Å². The van der Waals surface area contributed by atoms with Crippen molar-refractivity contribution in [1.82, 2.24) is 15.1 Å². The van der Waals surface area contributed by atoms with E-state index in [2.05, 4.69) is 10.4 Å². The van der Waals surface area contributed by atoms with Crippen LogP contribution in [0.15, 0.2) is 48.5 Å². The Kier molecular flexibility index (Phi) is 6.23. The number of hydrogen-bond acceptors (Lipinski definition) is 5. The Hall–Kier alpha value is -3.95. The molecular weight excluding hydrogens is 444 g/mol. The van der Waals surface area contributed by atoms with Gasteiger partial charge in [0.15, 0.2) is 0 Å². The van der Waals surface area contributed by atoms with Crippen LogP contribution in [0.2, 0.25) is 0 Å². The molecule has 1 aliphatic rings. The van der Waals surface area contributed by atoms with Gasteiger partial charge in [-0.25, -0.2) is 13.5 Å². The van der Waals surface area contributed by atoms with Crippen LogP contribution in [0.3, 0.4) is 0 Å². The first-order valence-electron chi connectivity index (χ1n) is 10.8. The summed E-state index contributed by atoms with van der Waals surface area (Å²) >= 11 is 0. The molecule has 1 heterocycles. The fourth-order valence-corrected chi connectivity index (χ4v) is 4.20. The van der Waals surface area contributed by atoms with Gasteiger partial charge < -0.3 is 21.5 Å². The number of nitrogens with one attached hydrogen (secondary N) is 1. The number of rotatable bonds is 7. The number of halogens is 2. The number of nitrogen functional groups attached to an aromatic ring is 1. The van der Waals surface area contributed by atoms with E-state index in [1.807, 2.05) is 0 Å². The molecule has 1 fully saturated rings. The van der Waals surface area contributed by atoms with Crippen molar-refractivity contribution in [3.8, 4) is 17.0 Å². The lowest BCUT2D eigenvalue weighted by Crippen LogP contribution is -2.23. The summed E-state index contributed by atoms with van der Waals surface area (Å²) in [7, 11) is 1.50. The number of ether oxygens (including phenoxy) is 1. The van der Waals surface area contributed by atoms with E-state index in [4.69, 9.17) is 16.2 Å². The van der Waals surface area contributed by atoms with Gasteiger partial charge in [0.05, 0.1) is 18.7 Å². The molecule has 0 radical (unpaired) electrons. The maximum Gasteiger partial charge on any atom is 0.255 e. The molecule has 1 saturated carbocycles. The summed E-state index contributed by atoms with van der Waals surface area (Å²) in [5.41, 5.74) is 13.7. The number of nitrogens with zero attached hydrogens (tertiary/aromatic N) is 2. The van der Waals surface area contributed by atoms with Gasteiger partial charge in [-0.3, -0.25) is 9.59 Å². The Morgan fingerprint density at radius 1 is 1.21 bits per heavy atom. The number of primary amides is 1. The second-order valence-electron chi connectivity index (χ2n) is 8.25. The number of para-hydroxylation sites is 1. The van der Waals surface area contributed by atoms with Crippen molar-refractivity contribution in [3.63, 3.8) is 0 Å². The number of methoxy groups -OCH3 is 1. The number of carbonyl (C=O) groups is 2. The highest BCUT2D eigenvalue weighted by molar-refractivity contribution is 6.03. The van der Waals surface area contributed by atoms with Gasteiger partial charge in [0.2, 0.25) is 5.92 Å². The number of alkyl halides is 2. The van der Waals surface area contributed by atoms with Crippen molar-refractivity contribution in [2.24, 2.45) is 5.73 Å². The smallest absolute Gasteiger partial charge is 0.255 e. The van der Waals surface area contributed by atoms with Crippen LogP contribution in [0.5, 0.6) is 5.75 Å². The lowest BCUT2D eigenvalue weighted by Gasteiger charge is -2.12. The van der Waals surface area contributed by atoms with Gasteiger partial charge in [-0.05, 0) is 24.1 Å². The fourth-order valence-electron chi connectivity index (χ4n) is 4.20. The minimum Gasteiger partial charge on any atom is -0.496 e. The zero-order chi connectivity index (χ0) is 24.5. The van der Waals surface area contributed by atoms with Gasteiger partial charge in [-0.1, -0.05) is 36.4 Å². The summed E-state index contributed by atoms with van der Waals surface area (Å²) in [6.07, 6.45) is -0.434. The summed E-state index contributed by atoms with van der Waals surface area (Å²) in [5, 5.41) is 7.22. The predicted octanol–water partition coefficient (Wildman–Crippen LogP) is 3.53. The first-order valence-corrected chi connectivity index (χ1v) is 10.8. The number of carbonyl (C=O) groups excluding carboxylic acids is 2. The van der Waals surface area contributed by atoms with Crippen molar-refractivity contribution >= 4 is 17.6 Å². The van der Waals surface area contributed by atoms with Gasteiger partial charge in [0, 0.05) is 24.9 Å². The van der Waals surface area contributed by atoms with Gasteiger partial charge >= 0.3 is 0 Å². The number of anilines is 1. The number of aromatic nitrogens is 2. The van der Waals surface area contributed by atoms with E-state index in [1.165, 1.54) is 11.8 Å². The van der Waals surface area contributed by atoms with Crippen LogP contribution in [0.1, 0.15) is 51.6 Å². The van der Waals surface area contributed by atoms with Crippen LogP contribution >= 0.6 is 0 Å². The van der Waals surface area contributed by atoms with Crippen LogP contribution in [0.4, 0.5) is 14.6 Å². The Morgan fingerprint density at radius 2 is 1.91 bits per heavy atom. The zero-order valence-electron chi connectivity index (χ0n) is 18.6. The second-order valence-corrected chi connectivity index (χ2v) is 8.25. The third kappa shape index (κ3) is 4.57. The quantitative estimate of drug-likeness (QED) is 0.488. The fraction of sp³-hybridized carbons (Fsp3) is 0.292. The average Bonchev–Trinajstić information content (AvgIpc) is 3.36. The summed E-state index contributed by atoms with van der Waals surface area (Å²) in [5.74, 6) is -3.39. The lowest BCUT2D eigenvalue weighted by molar-refractivity contribution is 0.00528. The van der Waals surface area contributed by atoms with E-state index in [1.54, 1.807) is 48.5 Å². The molecule has 8 nitrogen and oxygen atoms in total. The molecule has 5 N–H and O–H groups in total. The highest BCUT2D eigenvalue weighted by Crippen LogP contribution is 2.43. The summed E-state index contributed by atoms with van der Waals surface area (Å²) < 4.78 is 33.9. The second kappa shape index (κ2) is 9.12. The Bertz CT molecular complexity index is 1220. The van der Waals surface area contributed by atoms with Crippen LogP contribution in [-0.4, -0.2) is 34.6 Å². The summed E-state index contributed by atoms with van der Waals surface area (Å²) in [4.78, 5) is 24.6. The van der Waals surface area contributed by atoms with Crippen molar-refractivity contribution in [3.05, 3.63) is 65.2 Å². The largest absolute Gasteiger partial charge is 0.496 e. The van der Waals surface area contributed by atoms with Gasteiger partial charge in [0.25, 0.3) is 11.8 Å². The molecule has 1 unspecified atom stereocenters. The molecule has 178 valence electrons. The minimum atomic E-state index is -2.79. The molecule has 4 rings (SSSR count). The monoisotopic (exact) mass is 469 g/mol. The predicted molar refractivity (Wildman–Crippen MR) is 123 cm³/mol. The van der Waals surface area contributed by atoms with Gasteiger partial charge in [-0.2, -0.15) is 5.10 Å². The summed E-state index contributed by atoms with van der Waals surface area (Å²) in [6.45, 7) is 0.258. The number of amides is 2. The van der Waals surface area contributed by atoms with E-state index in [-0.39, 0.29) is 48.8 Å². The maximum atomic E-state index is 13.7. The van der Waals surface area contributed by atoms with E-state index in [9.17, 15) is 18.4 Å². The molecule has 34 heavy (non-hydrogen) atoms. The zero-order valence-corrected chi connectivity index (χ0v) is 18.6. The number of hydrogen-bond donors (Lipinski definition) is 3. The molecular formula is C24H25F2N5O3. The van der Waals surface area contributed by atoms with E-state index in [0.717, 1.165) is 5.56 Å². The molecule has 10 heteroatoms. The SMILES string of the molecule is COc1ccccc1C(=O)NCc1ccc(-c2nn(C3CCC(F)(F)C3)c(N)c2C(N)=O)cc1. The third-order valence-electron chi connectivity index (χ3n) is 5.95. The van der Waals surface area contributed by atoms with Crippen LogP contribution in [-0.2, 0) is 6.54 Å². The Labute approximate surface area is 194 Å². The molecule has 0 spiro atoms. The van der Waals surface area contributed by atoms with Crippen molar-refractivity contribution in [1.29, 1.82) is 0 Å². The average molecular weight is 469 g/mol. The van der Waals surface area contributed by atoms with Gasteiger partial charge in [-0.15, -0.1) is 0 Å². The topological polar surface area (TPSA) is 125 Å². The Balaban J connectivity index is 1.53. The van der Waals surface area contributed by atoms with Crippen LogP contribution < -0.4 is 21.5 Å². The molecule has 0 aliphatic heterocycles. The highest BCUT2D eigenvalue weighted by atomic mass is 19.3. The van der Waals surface area contributed by atoms with Crippen molar-refractivity contribution in [2.45, 2.75) is 37.8 Å². The van der Waals surface area contributed by atoms with Gasteiger partial charge in [0.1, 0.15) is 22.8 Å². The molecule has 1 aromatic heterocycles. The van der Waals surface area contributed by atoms with Crippen LogP contribution in [0, 0.1) is 0 Å².